The second kappa shape index (κ2) is 4.42. The van der Waals surface area contributed by atoms with Gasteiger partial charge in [0.15, 0.2) is 0 Å². The van der Waals surface area contributed by atoms with Crippen molar-refractivity contribution in [3.63, 3.8) is 0 Å². The maximum absolute atomic E-state index is 11.4. The summed E-state index contributed by atoms with van der Waals surface area (Å²) in [5.74, 6) is 0.120. The van der Waals surface area contributed by atoms with Gasteiger partial charge in [-0.2, -0.15) is 0 Å². The number of nitrogens with zero attached hydrogens (tertiary/aromatic N) is 1. The predicted molar refractivity (Wildman–Crippen MR) is 55.0 cm³/mol. The Bertz CT molecular complexity index is 198. The van der Waals surface area contributed by atoms with Gasteiger partial charge >= 0.3 is 0 Å². The summed E-state index contributed by atoms with van der Waals surface area (Å²) < 4.78 is 5.58. The molecular weight excluding hydrogens is 234 g/mol. The van der Waals surface area contributed by atoms with Crippen molar-refractivity contribution in [1.29, 1.82) is 0 Å². The van der Waals surface area contributed by atoms with Crippen LogP contribution in [-0.2, 0) is 9.53 Å². The van der Waals surface area contributed by atoms with E-state index in [9.17, 15) is 4.79 Å². The Kier molecular flexibility index (Phi) is 3.74. The number of hydrogen-bond acceptors (Lipinski definition) is 2. The van der Waals surface area contributed by atoms with Crippen molar-refractivity contribution in [2.24, 2.45) is 0 Å². The Morgan fingerprint density at radius 3 is 2.62 bits per heavy atom. The van der Waals surface area contributed by atoms with E-state index in [1.807, 2.05) is 20.9 Å². The van der Waals surface area contributed by atoms with Crippen molar-refractivity contribution >= 4 is 21.8 Å². The molecule has 13 heavy (non-hydrogen) atoms. The Morgan fingerprint density at radius 2 is 2.23 bits per heavy atom. The summed E-state index contributed by atoms with van der Waals surface area (Å²) in [6, 6.07) is 0.236. The highest BCUT2D eigenvalue weighted by Gasteiger charge is 2.33. The van der Waals surface area contributed by atoms with E-state index in [-0.39, 0.29) is 24.2 Å². The molecule has 0 spiro atoms. The molecule has 76 valence electrons. The molecule has 1 aliphatic rings. The van der Waals surface area contributed by atoms with Crippen LogP contribution in [0.2, 0.25) is 0 Å². The SMILES string of the molecule is CC1CC(N(C)C(=O)CBr)C(C)O1. The van der Waals surface area contributed by atoms with Gasteiger partial charge in [0, 0.05) is 7.05 Å². The number of hydrogen-bond donors (Lipinski definition) is 0. The van der Waals surface area contributed by atoms with Gasteiger partial charge in [-0.3, -0.25) is 4.79 Å². The van der Waals surface area contributed by atoms with E-state index in [4.69, 9.17) is 4.74 Å². The maximum atomic E-state index is 11.4. The number of rotatable bonds is 2. The minimum atomic E-state index is 0.120. The molecule has 1 saturated heterocycles. The molecule has 0 radical (unpaired) electrons. The molecule has 0 bridgehead atoms. The predicted octanol–water partition coefficient (Wildman–Crippen LogP) is 1.41. The van der Waals surface area contributed by atoms with Crippen molar-refractivity contribution in [2.45, 2.75) is 38.5 Å². The number of amides is 1. The summed E-state index contributed by atoms with van der Waals surface area (Å²) in [6.45, 7) is 4.06. The first-order valence-electron chi connectivity index (χ1n) is 4.53. The van der Waals surface area contributed by atoms with Gasteiger partial charge in [0.2, 0.25) is 5.91 Å². The van der Waals surface area contributed by atoms with Crippen LogP contribution >= 0.6 is 15.9 Å². The average Bonchev–Trinajstić information content (AvgIpc) is 2.42. The summed E-state index contributed by atoms with van der Waals surface area (Å²) in [4.78, 5) is 13.2. The molecule has 0 N–H and O–H groups in total. The van der Waals surface area contributed by atoms with Gasteiger partial charge in [-0.15, -0.1) is 0 Å². The topological polar surface area (TPSA) is 29.5 Å². The van der Waals surface area contributed by atoms with Crippen molar-refractivity contribution in [2.75, 3.05) is 12.4 Å². The lowest BCUT2D eigenvalue weighted by Crippen LogP contribution is -2.41. The first-order valence-corrected chi connectivity index (χ1v) is 5.65. The summed E-state index contributed by atoms with van der Waals surface area (Å²) in [5.41, 5.74) is 0. The van der Waals surface area contributed by atoms with Crippen molar-refractivity contribution in [1.82, 2.24) is 4.90 Å². The van der Waals surface area contributed by atoms with Crippen LogP contribution in [0.25, 0.3) is 0 Å². The minimum Gasteiger partial charge on any atom is -0.373 e. The van der Waals surface area contributed by atoms with Crippen molar-refractivity contribution in [3.05, 3.63) is 0 Å². The Hall–Kier alpha value is -0.0900. The molecule has 0 aromatic heterocycles. The second-order valence-corrected chi connectivity index (χ2v) is 4.15. The van der Waals surface area contributed by atoms with Gasteiger partial charge in [-0.1, -0.05) is 15.9 Å². The molecule has 1 fully saturated rings. The molecule has 0 saturated carbocycles. The van der Waals surface area contributed by atoms with E-state index in [0.29, 0.717) is 5.33 Å². The van der Waals surface area contributed by atoms with Crippen LogP contribution in [-0.4, -0.2) is 41.4 Å². The number of carbonyl (C=O) groups is 1. The van der Waals surface area contributed by atoms with Crippen LogP contribution in [0.5, 0.6) is 0 Å². The molecule has 1 heterocycles. The van der Waals surface area contributed by atoms with Crippen LogP contribution < -0.4 is 0 Å². The Labute approximate surface area is 87.6 Å². The fourth-order valence-electron chi connectivity index (χ4n) is 1.80. The molecule has 3 atom stereocenters. The normalized spacial score (nSPS) is 33.4. The average molecular weight is 250 g/mol. The molecule has 3 nitrogen and oxygen atoms in total. The van der Waals surface area contributed by atoms with Crippen LogP contribution in [0.3, 0.4) is 0 Å². The van der Waals surface area contributed by atoms with Gasteiger partial charge in [0.25, 0.3) is 0 Å². The molecule has 1 aliphatic heterocycles. The maximum Gasteiger partial charge on any atom is 0.233 e. The molecule has 1 amide bonds. The lowest BCUT2D eigenvalue weighted by Gasteiger charge is -2.25. The van der Waals surface area contributed by atoms with Crippen LogP contribution in [0.4, 0.5) is 0 Å². The molecule has 0 aromatic carbocycles. The third-order valence-corrected chi connectivity index (χ3v) is 3.05. The van der Waals surface area contributed by atoms with Gasteiger partial charge in [0.05, 0.1) is 23.6 Å². The zero-order valence-electron chi connectivity index (χ0n) is 8.29. The van der Waals surface area contributed by atoms with Gasteiger partial charge in [0.1, 0.15) is 0 Å². The summed E-state index contributed by atoms with van der Waals surface area (Å²) >= 11 is 3.17. The van der Waals surface area contributed by atoms with E-state index in [1.54, 1.807) is 4.90 Å². The summed E-state index contributed by atoms with van der Waals surface area (Å²) in [7, 11) is 1.84. The second-order valence-electron chi connectivity index (χ2n) is 3.59. The van der Waals surface area contributed by atoms with Crippen LogP contribution in [0.1, 0.15) is 20.3 Å². The third-order valence-electron chi connectivity index (χ3n) is 2.57. The van der Waals surface area contributed by atoms with E-state index in [2.05, 4.69) is 15.9 Å². The van der Waals surface area contributed by atoms with Crippen molar-refractivity contribution < 1.29 is 9.53 Å². The van der Waals surface area contributed by atoms with E-state index < -0.39 is 0 Å². The molecular formula is C9H16BrNO2. The van der Waals surface area contributed by atoms with Crippen LogP contribution in [0.15, 0.2) is 0 Å². The third kappa shape index (κ3) is 2.44. The van der Waals surface area contributed by atoms with E-state index >= 15 is 0 Å². The molecule has 4 heteroatoms. The number of likely N-dealkylation sites (N-methyl/N-ethyl adjacent to an activating group) is 1. The largest absolute Gasteiger partial charge is 0.373 e. The molecule has 3 unspecified atom stereocenters. The lowest BCUT2D eigenvalue weighted by molar-refractivity contribution is -0.129. The highest BCUT2D eigenvalue weighted by atomic mass is 79.9. The van der Waals surface area contributed by atoms with Gasteiger partial charge in [-0.05, 0) is 20.3 Å². The standard InChI is InChI=1S/C9H16BrNO2/c1-6-4-8(7(2)13-6)11(3)9(12)5-10/h6-8H,4-5H2,1-3H3. The lowest BCUT2D eigenvalue weighted by atomic mass is 10.1. The van der Waals surface area contributed by atoms with Gasteiger partial charge in [-0.25, -0.2) is 0 Å². The Morgan fingerprint density at radius 1 is 1.62 bits per heavy atom. The smallest absolute Gasteiger partial charge is 0.233 e. The number of carbonyl (C=O) groups excluding carboxylic acids is 1. The first-order chi connectivity index (χ1) is 6.06. The minimum absolute atomic E-state index is 0.120. The first kappa shape index (κ1) is 11.0. The van der Waals surface area contributed by atoms with Gasteiger partial charge < -0.3 is 9.64 Å². The zero-order valence-corrected chi connectivity index (χ0v) is 9.87. The molecule has 0 aromatic rings. The van der Waals surface area contributed by atoms with E-state index in [0.717, 1.165) is 6.42 Å². The zero-order chi connectivity index (χ0) is 10.0. The highest BCUT2D eigenvalue weighted by Crippen LogP contribution is 2.23. The summed E-state index contributed by atoms with van der Waals surface area (Å²) in [5, 5.41) is 0.390. The molecule has 1 rings (SSSR count). The number of ether oxygens (including phenoxy) is 1. The fourth-order valence-corrected chi connectivity index (χ4v) is 2.19. The number of halogens is 1. The highest BCUT2D eigenvalue weighted by molar-refractivity contribution is 9.09. The number of alkyl halides is 1. The molecule has 0 aliphatic carbocycles. The quantitative estimate of drug-likeness (QED) is 0.693. The summed E-state index contributed by atoms with van der Waals surface area (Å²) in [6.07, 6.45) is 1.37. The Balaban J connectivity index is 2.56. The van der Waals surface area contributed by atoms with Crippen LogP contribution in [0, 0.1) is 0 Å². The monoisotopic (exact) mass is 249 g/mol. The van der Waals surface area contributed by atoms with Crippen molar-refractivity contribution in [3.8, 4) is 0 Å². The fraction of sp³-hybridized carbons (Fsp3) is 0.889. The van der Waals surface area contributed by atoms with E-state index in [1.165, 1.54) is 0 Å².